The molecule has 0 saturated carbocycles. The number of nitrogens with zero attached hydrogens (tertiary/aromatic N) is 1. The molecule has 6 heteroatoms. The first-order valence-electron chi connectivity index (χ1n) is 4.89. The fourth-order valence-corrected chi connectivity index (χ4v) is 1.73. The Kier molecular flexibility index (Phi) is 3.90. The molecular weight excluding hydrogens is 226 g/mol. The van der Waals surface area contributed by atoms with Crippen molar-refractivity contribution in [3.8, 4) is 0 Å². The van der Waals surface area contributed by atoms with Gasteiger partial charge in [0.1, 0.15) is 0 Å². The third kappa shape index (κ3) is 3.19. The number of benzene rings is 1. The summed E-state index contributed by atoms with van der Waals surface area (Å²) in [6.45, 7) is 1.85. The topological polar surface area (TPSA) is 75.4 Å². The van der Waals surface area contributed by atoms with Crippen LogP contribution in [0.2, 0.25) is 0 Å². The van der Waals surface area contributed by atoms with Crippen LogP contribution in [0, 0.1) is 0 Å². The minimum atomic E-state index is -3.45. The molecule has 0 spiro atoms. The molecule has 0 fully saturated rings. The van der Waals surface area contributed by atoms with Gasteiger partial charge in [0.25, 0.3) is 0 Å². The van der Waals surface area contributed by atoms with E-state index in [1.54, 1.807) is 18.2 Å². The van der Waals surface area contributed by atoms with Gasteiger partial charge in [-0.25, -0.2) is 0 Å². The highest BCUT2D eigenvalue weighted by Crippen LogP contribution is 2.16. The van der Waals surface area contributed by atoms with E-state index in [9.17, 15) is 8.42 Å². The Morgan fingerprint density at radius 1 is 1.38 bits per heavy atom. The Morgan fingerprint density at radius 3 is 2.50 bits per heavy atom. The second-order valence-corrected chi connectivity index (χ2v) is 5.69. The molecule has 5 nitrogen and oxygen atoms in total. The lowest BCUT2D eigenvalue weighted by atomic mass is 10.1. The van der Waals surface area contributed by atoms with Crippen LogP contribution in [0.25, 0.3) is 0 Å². The molecular formula is C10H17N3O2S. The second-order valence-electron chi connectivity index (χ2n) is 3.80. The molecule has 1 atom stereocenters. The first kappa shape index (κ1) is 13.0. The third-order valence-electron chi connectivity index (χ3n) is 2.14. The summed E-state index contributed by atoms with van der Waals surface area (Å²) in [4.78, 5) is 0. The smallest absolute Gasteiger partial charge is 0.301 e. The molecule has 0 amide bonds. The fraction of sp³-hybridized carbons (Fsp3) is 0.400. The molecule has 0 radical (unpaired) electrons. The van der Waals surface area contributed by atoms with Gasteiger partial charge in [-0.05, 0) is 24.6 Å². The molecule has 1 aromatic rings. The van der Waals surface area contributed by atoms with Gasteiger partial charge in [-0.2, -0.15) is 12.7 Å². The fourth-order valence-electron chi connectivity index (χ4n) is 1.13. The Balaban J connectivity index is 2.95. The Morgan fingerprint density at radius 2 is 2.00 bits per heavy atom. The number of hydrogen-bond acceptors (Lipinski definition) is 3. The third-order valence-corrected chi connectivity index (χ3v) is 3.60. The van der Waals surface area contributed by atoms with E-state index in [1.807, 2.05) is 13.0 Å². The number of nitrogens with one attached hydrogen (secondary N) is 1. The molecule has 1 rings (SSSR count). The maximum absolute atomic E-state index is 11.6. The normalized spacial score (nSPS) is 13.8. The van der Waals surface area contributed by atoms with Crippen molar-refractivity contribution in [3.05, 3.63) is 29.8 Å². The molecule has 1 aromatic carbocycles. The van der Waals surface area contributed by atoms with Crippen LogP contribution in [-0.2, 0) is 10.2 Å². The van der Waals surface area contributed by atoms with Crippen LogP contribution >= 0.6 is 0 Å². The van der Waals surface area contributed by atoms with Crippen molar-refractivity contribution in [2.45, 2.75) is 13.0 Å². The van der Waals surface area contributed by atoms with Crippen molar-refractivity contribution in [3.63, 3.8) is 0 Å². The van der Waals surface area contributed by atoms with E-state index in [2.05, 4.69) is 4.72 Å². The van der Waals surface area contributed by atoms with Crippen molar-refractivity contribution in [2.75, 3.05) is 18.8 Å². The van der Waals surface area contributed by atoms with Gasteiger partial charge in [0.15, 0.2) is 0 Å². The van der Waals surface area contributed by atoms with Crippen LogP contribution < -0.4 is 10.5 Å². The van der Waals surface area contributed by atoms with Gasteiger partial charge in [0.05, 0.1) is 5.69 Å². The van der Waals surface area contributed by atoms with Crippen molar-refractivity contribution in [1.82, 2.24) is 4.31 Å². The largest absolute Gasteiger partial charge is 0.324 e. The lowest BCUT2D eigenvalue weighted by Gasteiger charge is -2.14. The van der Waals surface area contributed by atoms with E-state index < -0.39 is 10.2 Å². The maximum Gasteiger partial charge on any atom is 0.301 e. The lowest BCUT2D eigenvalue weighted by molar-refractivity contribution is 0.527. The molecule has 3 N–H and O–H groups in total. The molecule has 0 heterocycles. The van der Waals surface area contributed by atoms with Gasteiger partial charge in [-0.15, -0.1) is 0 Å². The summed E-state index contributed by atoms with van der Waals surface area (Å²) in [7, 11) is -0.511. The minimum absolute atomic E-state index is 0.121. The van der Waals surface area contributed by atoms with Crippen LogP contribution in [0.3, 0.4) is 0 Å². The number of hydrogen-bond donors (Lipinski definition) is 2. The van der Waals surface area contributed by atoms with Gasteiger partial charge in [0.2, 0.25) is 0 Å². The second kappa shape index (κ2) is 4.82. The molecule has 1 unspecified atom stereocenters. The molecule has 0 aliphatic rings. The van der Waals surface area contributed by atoms with Crippen LogP contribution in [-0.4, -0.2) is 26.8 Å². The zero-order valence-electron chi connectivity index (χ0n) is 9.64. The summed E-state index contributed by atoms with van der Waals surface area (Å²) in [6.07, 6.45) is 0. The quantitative estimate of drug-likeness (QED) is 0.826. The van der Waals surface area contributed by atoms with E-state index in [-0.39, 0.29) is 6.04 Å². The van der Waals surface area contributed by atoms with E-state index in [0.717, 1.165) is 9.87 Å². The minimum Gasteiger partial charge on any atom is -0.324 e. The predicted octanol–water partition coefficient (Wildman–Crippen LogP) is 0.925. The van der Waals surface area contributed by atoms with Crippen LogP contribution in [0.5, 0.6) is 0 Å². The van der Waals surface area contributed by atoms with E-state index in [1.165, 1.54) is 14.1 Å². The molecule has 0 aliphatic heterocycles. The van der Waals surface area contributed by atoms with Crippen LogP contribution in [0.15, 0.2) is 24.3 Å². The average molecular weight is 243 g/mol. The summed E-state index contributed by atoms with van der Waals surface area (Å²) in [6, 6.07) is 6.92. The van der Waals surface area contributed by atoms with Gasteiger partial charge < -0.3 is 5.73 Å². The number of anilines is 1. The van der Waals surface area contributed by atoms with Crippen molar-refractivity contribution in [2.24, 2.45) is 5.73 Å². The highest BCUT2D eigenvalue weighted by atomic mass is 32.2. The van der Waals surface area contributed by atoms with Crippen molar-refractivity contribution >= 4 is 15.9 Å². The highest BCUT2D eigenvalue weighted by molar-refractivity contribution is 7.90. The zero-order chi connectivity index (χ0) is 12.3. The maximum atomic E-state index is 11.6. The molecule has 16 heavy (non-hydrogen) atoms. The van der Waals surface area contributed by atoms with Gasteiger partial charge in [-0.3, -0.25) is 4.72 Å². The SMILES string of the molecule is CC(N)c1cccc(NS(=O)(=O)N(C)C)c1. The van der Waals surface area contributed by atoms with Gasteiger partial charge in [0, 0.05) is 20.1 Å². The van der Waals surface area contributed by atoms with Crippen LogP contribution in [0.1, 0.15) is 18.5 Å². The van der Waals surface area contributed by atoms with E-state index in [0.29, 0.717) is 5.69 Å². The summed E-state index contributed by atoms with van der Waals surface area (Å²) in [5.74, 6) is 0. The van der Waals surface area contributed by atoms with Gasteiger partial charge in [-0.1, -0.05) is 12.1 Å². The first-order chi connectivity index (χ1) is 7.33. The lowest BCUT2D eigenvalue weighted by Crippen LogP contribution is -2.29. The first-order valence-corrected chi connectivity index (χ1v) is 6.33. The Labute approximate surface area is 96.4 Å². The number of rotatable bonds is 4. The summed E-state index contributed by atoms with van der Waals surface area (Å²) in [5, 5.41) is 0. The standard InChI is InChI=1S/C10H17N3O2S/c1-8(11)9-5-4-6-10(7-9)12-16(14,15)13(2)3/h4-8,12H,11H2,1-3H3. The summed E-state index contributed by atoms with van der Waals surface area (Å²) < 4.78 is 26.7. The molecule has 0 bridgehead atoms. The highest BCUT2D eigenvalue weighted by Gasteiger charge is 2.13. The van der Waals surface area contributed by atoms with E-state index >= 15 is 0 Å². The molecule has 0 saturated heterocycles. The Hall–Kier alpha value is -1.11. The summed E-state index contributed by atoms with van der Waals surface area (Å²) in [5.41, 5.74) is 7.12. The molecule has 90 valence electrons. The zero-order valence-corrected chi connectivity index (χ0v) is 10.5. The molecule has 0 aliphatic carbocycles. The van der Waals surface area contributed by atoms with Crippen molar-refractivity contribution in [1.29, 1.82) is 0 Å². The molecule has 0 aromatic heterocycles. The van der Waals surface area contributed by atoms with E-state index in [4.69, 9.17) is 5.73 Å². The van der Waals surface area contributed by atoms with Crippen molar-refractivity contribution < 1.29 is 8.42 Å². The van der Waals surface area contributed by atoms with Crippen LogP contribution in [0.4, 0.5) is 5.69 Å². The number of nitrogens with two attached hydrogens (primary N) is 1. The average Bonchev–Trinajstić information content (AvgIpc) is 2.17. The Bertz CT molecular complexity index is 455. The summed E-state index contributed by atoms with van der Waals surface area (Å²) >= 11 is 0. The predicted molar refractivity (Wildman–Crippen MR) is 65.3 cm³/mol. The van der Waals surface area contributed by atoms with Gasteiger partial charge >= 0.3 is 10.2 Å². The monoisotopic (exact) mass is 243 g/mol.